The Labute approximate surface area is 164 Å². The number of hydrogen-bond acceptors (Lipinski definition) is 5. The van der Waals surface area contributed by atoms with Crippen molar-refractivity contribution < 1.29 is 14.3 Å². The topological polar surface area (TPSA) is 55.4 Å². The third-order valence-corrected chi connectivity index (χ3v) is 6.60. The third-order valence-electron chi connectivity index (χ3n) is 3.46. The third kappa shape index (κ3) is 5.33. The van der Waals surface area contributed by atoms with Crippen LogP contribution in [0.25, 0.3) is 0 Å². The van der Waals surface area contributed by atoms with Crippen molar-refractivity contribution in [1.29, 1.82) is 0 Å². The predicted octanol–water partition coefficient (Wildman–Crippen LogP) is 5.34. The lowest BCUT2D eigenvalue weighted by Gasteiger charge is -2.08. The highest BCUT2D eigenvalue weighted by molar-refractivity contribution is 9.10. The van der Waals surface area contributed by atoms with Gasteiger partial charge in [0, 0.05) is 9.37 Å². The average Bonchev–Trinajstić information content (AvgIpc) is 2.90. The van der Waals surface area contributed by atoms with Crippen molar-refractivity contribution in [3.8, 4) is 0 Å². The Bertz CT molecular complexity index is 802. The van der Waals surface area contributed by atoms with Crippen molar-refractivity contribution in [2.45, 2.75) is 32.6 Å². The summed E-state index contributed by atoms with van der Waals surface area (Å²) in [5, 5.41) is 3.52. The quantitative estimate of drug-likeness (QED) is 0.485. The Morgan fingerprint density at radius 2 is 1.88 bits per heavy atom. The fraction of sp³-hybridized carbons (Fsp3) is 0.333. The van der Waals surface area contributed by atoms with Gasteiger partial charge < -0.3 is 10.1 Å². The van der Waals surface area contributed by atoms with Crippen LogP contribution in [-0.2, 0) is 9.53 Å². The van der Waals surface area contributed by atoms with E-state index in [1.807, 2.05) is 20.8 Å². The van der Waals surface area contributed by atoms with Crippen LogP contribution in [0, 0.1) is 20.8 Å². The molecule has 0 aliphatic rings. The number of thioether (sulfide) groups is 1. The van der Waals surface area contributed by atoms with Crippen molar-refractivity contribution in [2.75, 3.05) is 17.7 Å². The molecule has 1 N–H and O–H groups in total. The molecule has 0 aliphatic carbocycles. The van der Waals surface area contributed by atoms with Crippen LogP contribution in [0.5, 0.6) is 0 Å². The molecule has 1 amide bonds. The molecule has 0 fully saturated rings. The maximum absolute atomic E-state index is 12.2. The summed E-state index contributed by atoms with van der Waals surface area (Å²) in [6, 6.07) is 5.93. The van der Waals surface area contributed by atoms with Crippen LogP contribution in [0.3, 0.4) is 0 Å². The molecule has 25 heavy (non-hydrogen) atoms. The summed E-state index contributed by atoms with van der Waals surface area (Å²) < 4.78 is 6.09. The van der Waals surface area contributed by atoms with Gasteiger partial charge in [-0.1, -0.05) is 15.9 Å². The minimum absolute atomic E-state index is 0.0957. The maximum Gasteiger partial charge on any atom is 0.348 e. The summed E-state index contributed by atoms with van der Waals surface area (Å²) in [7, 11) is 0. The fourth-order valence-corrected chi connectivity index (χ4v) is 4.52. The second kappa shape index (κ2) is 8.87. The standard InChI is InChI=1S/C18H20BrNO3S2/c1-5-23-18(22)17-12(4)8-16(25-17)20-15(21)9-24-14-7-10(2)13(19)6-11(14)3/h6-8H,5,9H2,1-4H3,(H,20,21). The molecular weight excluding hydrogens is 422 g/mol. The summed E-state index contributed by atoms with van der Waals surface area (Å²) in [6.07, 6.45) is 0. The molecular formula is C18H20BrNO3S2. The van der Waals surface area contributed by atoms with Crippen LogP contribution in [0.15, 0.2) is 27.6 Å². The van der Waals surface area contributed by atoms with E-state index in [1.165, 1.54) is 23.1 Å². The second-order valence-electron chi connectivity index (χ2n) is 5.55. The Kier molecular flexibility index (Phi) is 7.10. The van der Waals surface area contributed by atoms with Crippen LogP contribution < -0.4 is 5.32 Å². The van der Waals surface area contributed by atoms with Crippen molar-refractivity contribution >= 4 is 55.9 Å². The SMILES string of the molecule is CCOC(=O)c1sc(NC(=O)CSc2cc(C)c(Br)cc2C)cc1C. The van der Waals surface area contributed by atoms with E-state index in [-0.39, 0.29) is 11.9 Å². The van der Waals surface area contributed by atoms with E-state index in [9.17, 15) is 9.59 Å². The lowest BCUT2D eigenvalue weighted by molar-refractivity contribution is -0.113. The zero-order chi connectivity index (χ0) is 18.6. The van der Waals surface area contributed by atoms with Crippen molar-refractivity contribution in [1.82, 2.24) is 0 Å². The number of anilines is 1. The molecule has 2 rings (SSSR count). The van der Waals surface area contributed by atoms with Gasteiger partial charge in [-0.3, -0.25) is 4.79 Å². The lowest BCUT2D eigenvalue weighted by Crippen LogP contribution is -2.13. The van der Waals surface area contributed by atoms with Crippen molar-refractivity contribution in [3.05, 3.63) is 44.2 Å². The van der Waals surface area contributed by atoms with Gasteiger partial charge in [0.1, 0.15) is 4.88 Å². The average molecular weight is 442 g/mol. The second-order valence-corrected chi connectivity index (χ2v) is 8.47. The number of nitrogens with one attached hydrogen (secondary N) is 1. The molecule has 1 aromatic heterocycles. The van der Waals surface area contributed by atoms with E-state index in [0.717, 1.165) is 26.1 Å². The number of carbonyl (C=O) groups excluding carboxylic acids is 2. The molecule has 0 bridgehead atoms. The number of ether oxygens (including phenoxy) is 1. The first-order valence-corrected chi connectivity index (χ1v) is 10.4. The predicted molar refractivity (Wildman–Crippen MR) is 108 cm³/mol. The Morgan fingerprint density at radius 3 is 2.56 bits per heavy atom. The van der Waals surface area contributed by atoms with E-state index in [4.69, 9.17) is 4.74 Å². The highest BCUT2D eigenvalue weighted by Crippen LogP contribution is 2.30. The number of hydrogen-bond donors (Lipinski definition) is 1. The summed E-state index contributed by atoms with van der Waals surface area (Å²) in [6.45, 7) is 7.99. The van der Waals surface area contributed by atoms with Crippen LogP contribution in [-0.4, -0.2) is 24.2 Å². The minimum atomic E-state index is -0.346. The summed E-state index contributed by atoms with van der Waals surface area (Å²) in [5.41, 5.74) is 3.08. The molecule has 0 saturated carbocycles. The molecule has 0 unspecified atom stereocenters. The highest BCUT2D eigenvalue weighted by Gasteiger charge is 2.16. The summed E-state index contributed by atoms with van der Waals surface area (Å²) in [4.78, 5) is 25.7. The highest BCUT2D eigenvalue weighted by atomic mass is 79.9. The van der Waals surface area contributed by atoms with Gasteiger partial charge >= 0.3 is 5.97 Å². The van der Waals surface area contributed by atoms with E-state index in [2.05, 4.69) is 33.4 Å². The molecule has 0 aliphatic heterocycles. The van der Waals surface area contributed by atoms with Gasteiger partial charge in [0.25, 0.3) is 0 Å². The number of esters is 1. The fourth-order valence-electron chi connectivity index (χ4n) is 2.17. The molecule has 0 radical (unpaired) electrons. The van der Waals surface area contributed by atoms with Gasteiger partial charge in [-0.25, -0.2) is 4.79 Å². The maximum atomic E-state index is 12.2. The van der Waals surface area contributed by atoms with E-state index >= 15 is 0 Å². The van der Waals surface area contributed by atoms with E-state index in [1.54, 1.807) is 13.0 Å². The van der Waals surface area contributed by atoms with Gasteiger partial charge in [0.2, 0.25) is 5.91 Å². The van der Waals surface area contributed by atoms with Gasteiger partial charge in [-0.15, -0.1) is 23.1 Å². The Balaban J connectivity index is 1.98. The van der Waals surface area contributed by atoms with Gasteiger partial charge in [-0.05, 0) is 62.6 Å². The zero-order valence-electron chi connectivity index (χ0n) is 14.6. The number of thiophene rings is 1. The summed E-state index contributed by atoms with van der Waals surface area (Å²) in [5.74, 6) is -0.129. The lowest BCUT2D eigenvalue weighted by atomic mass is 10.2. The Morgan fingerprint density at radius 1 is 1.16 bits per heavy atom. The van der Waals surface area contributed by atoms with Crippen molar-refractivity contribution in [2.24, 2.45) is 0 Å². The smallest absolute Gasteiger partial charge is 0.348 e. The Hall–Kier alpha value is -1.31. The monoisotopic (exact) mass is 441 g/mol. The number of amides is 1. The first-order chi connectivity index (χ1) is 11.8. The van der Waals surface area contributed by atoms with Gasteiger partial charge in [0.15, 0.2) is 0 Å². The molecule has 0 atom stereocenters. The van der Waals surface area contributed by atoms with Crippen LogP contribution in [0.1, 0.15) is 33.3 Å². The van der Waals surface area contributed by atoms with Gasteiger partial charge in [-0.2, -0.15) is 0 Å². The van der Waals surface area contributed by atoms with Gasteiger partial charge in [0.05, 0.1) is 17.4 Å². The molecule has 7 heteroatoms. The molecule has 134 valence electrons. The summed E-state index contributed by atoms with van der Waals surface area (Å²) >= 11 is 6.26. The first-order valence-electron chi connectivity index (χ1n) is 7.78. The largest absolute Gasteiger partial charge is 0.462 e. The van der Waals surface area contributed by atoms with Crippen LogP contribution in [0.2, 0.25) is 0 Å². The molecule has 4 nitrogen and oxygen atoms in total. The number of benzene rings is 1. The first kappa shape index (κ1) is 20.0. The molecule has 1 heterocycles. The molecule has 2 aromatic rings. The van der Waals surface area contributed by atoms with E-state index in [0.29, 0.717) is 22.2 Å². The molecule has 0 saturated heterocycles. The van der Waals surface area contributed by atoms with E-state index < -0.39 is 0 Å². The molecule has 0 spiro atoms. The number of aryl methyl sites for hydroxylation is 3. The van der Waals surface area contributed by atoms with Crippen LogP contribution >= 0.6 is 39.0 Å². The number of rotatable bonds is 6. The normalized spacial score (nSPS) is 10.6. The number of halogens is 1. The molecule has 1 aromatic carbocycles. The zero-order valence-corrected chi connectivity index (χ0v) is 17.8. The van der Waals surface area contributed by atoms with Crippen LogP contribution in [0.4, 0.5) is 5.00 Å². The van der Waals surface area contributed by atoms with Crippen molar-refractivity contribution in [3.63, 3.8) is 0 Å². The number of carbonyl (C=O) groups is 2. The minimum Gasteiger partial charge on any atom is -0.462 e.